The number of amides is 1. The Morgan fingerprint density at radius 3 is 2.33 bits per heavy atom. The van der Waals surface area contributed by atoms with Crippen LogP contribution in [0.1, 0.15) is 6.92 Å². The summed E-state index contributed by atoms with van der Waals surface area (Å²) in [5, 5.41) is 0. The minimum absolute atomic E-state index is 0.0411. The van der Waals surface area contributed by atoms with Gasteiger partial charge in [-0.2, -0.15) is 0 Å². The van der Waals surface area contributed by atoms with Crippen molar-refractivity contribution in [2.45, 2.75) is 6.92 Å². The predicted molar refractivity (Wildman–Crippen MR) is 38.3 cm³/mol. The van der Waals surface area contributed by atoms with E-state index in [0.29, 0.717) is 11.6 Å². The van der Waals surface area contributed by atoms with Crippen LogP contribution in [0.3, 0.4) is 0 Å². The molecule has 0 aromatic rings. The Morgan fingerprint density at radius 1 is 1.78 bits per heavy atom. The monoisotopic (exact) mass is 147 g/mol. The molecule has 2 nitrogen and oxygen atoms in total. The van der Waals surface area contributed by atoms with Crippen LogP contribution < -0.4 is 0 Å². The van der Waals surface area contributed by atoms with E-state index < -0.39 is 0 Å². The third kappa shape index (κ3) is 2.51. The zero-order valence-electron chi connectivity index (χ0n) is 5.65. The molecule has 0 atom stereocenters. The van der Waals surface area contributed by atoms with Gasteiger partial charge in [0.1, 0.15) is 0 Å². The topological polar surface area (TPSA) is 20.3 Å². The van der Waals surface area contributed by atoms with E-state index in [0.717, 1.165) is 0 Å². The summed E-state index contributed by atoms with van der Waals surface area (Å²) in [6, 6.07) is 0. The van der Waals surface area contributed by atoms with Gasteiger partial charge in [0.15, 0.2) is 0 Å². The lowest BCUT2D eigenvalue weighted by atomic mass is 10.5. The van der Waals surface area contributed by atoms with Crippen molar-refractivity contribution >= 4 is 17.5 Å². The molecule has 0 rings (SSSR count). The van der Waals surface area contributed by atoms with E-state index in [1.165, 1.54) is 11.8 Å². The summed E-state index contributed by atoms with van der Waals surface area (Å²) < 4.78 is 0. The molecule has 0 aliphatic heterocycles. The average Bonchev–Trinajstić information content (AvgIpc) is 1.84. The van der Waals surface area contributed by atoms with Gasteiger partial charge in [-0.3, -0.25) is 4.79 Å². The van der Waals surface area contributed by atoms with Gasteiger partial charge in [-0.05, 0) is 0 Å². The molecule has 1 amide bonds. The van der Waals surface area contributed by atoms with Gasteiger partial charge in [-0.25, -0.2) is 0 Å². The van der Waals surface area contributed by atoms with Crippen molar-refractivity contribution in [1.82, 2.24) is 4.90 Å². The van der Waals surface area contributed by atoms with E-state index in [2.05, 4.69) is 6.58 Å². The number of alkyl halides is 1. The first-order chi connectivity index (χ1) is 4.09. The summed E-state index contributed by atoms with van der Waals surface area (Å²) in [6.07, 6.45) is 0. The van der Waals surface area contributed by atoms with Crippen molar-refractivity contribution in [2.75, 3.05) is 12.9 Å². The van der Waals surface area contributed by atoms with Crippen molar-refractivity contribution in [3.05, 3.63) is 12.3 Å². The zero-order chi connectivity index (χ0) is 7.44. The van der Waals surface area contributed by atoms with Crippen LogP contribution in [0.25, 0.3) is 0 Å². The smallest absolute Gasteiger partial charge is 0.223 e. The number of hydrogen-bond acceptors (Lipinski definition) is 1. The standard InChI is InChI=1S/C6H10ClNO/c1-5(4-7)8(3)6(2)9/h1,4H2,2-3H3. The van der Waals surface area contributed by atoms with Crippen molar-refractivity contribution in [2.24, 2.45) is 0 Å². The number of rotatable bonds is 2. The zero-order valence-corrected chi connectivity index (χ0v) is 6.40. The number of allylic oxidation sites excluding steroid dienone is 1. The predicted octanol–water partition coefficient (Wildman–Crippen LogP) is 1.22. The first kappa shape index (κ1) is 8.50. The second-order valence-corrected chi connectivity index (χ2v) is 2.05. The summed E-state index contributed by atoms with van der Waals surface area (Å²) in [5.74, 6) is 0.261. The summed E-state index contributed by atoms with van der Waals surface area (Å²) in [5.41, 5.74) is 0.629. The minimum atomic E-state index is -0.0411. The summed E-state index contributed by atoms with van der Waals surface area (Å²) >= 11 is 5.40. The summed E-state index contributed by atoms with van der Waals surface area (Å²) in [7, 11) is 1.65. The molecule has 0 saturated carbocycles. The molecule has 0 heterocycles. The third-order valence-corrected chi connectivity index (χ3v) is 1.41. The Labute approximate surface area is 60.1 Å². The molecule has 0 bridgehead atoms. The van der Waals surface area contributed by atoms with Crippen LogP contribution in [0.15, 0.2) is 12.3 Å². The van der Waals surface area contributed by atoms with Crippen LogP contribution in [0.4, 0.5) is 0 Å². The molecule has 3 heteroatoms. The number of hydrogen-bond donors (Lipinski definition) is 0. The van der Waals surface area contributed by atoms with Crippen molar-refractivity contribution in [1.29, 1.82) is 0 Å². The van der Waals surface area contributed by atoms with E-state index in [4.69, 9.17) is 11.6 Å². The normalized spacial score (nSPS) is 8.78. The van der Waals surface area contributed by atoms with E-state index in [1.54, 1.807) is 7.05 Å². The fourth-order valence-corrected chi connectivity index (χ4v) is 0.492. The average molecular weight is 148 g/mol. The minimum Gasteiger partial charge on any atom is -0.319 e. The Hall–Kier alpha value is -0.500. The fraction of sp³-hybridized carbons (Fsp3) is 0.500. The van der Waals surface area contributed by atoms with Crippen molar-refractivity contribution in [3.63, 3.8) is 0 Å². The van der Waals surface area contributed by atoms with Crippen LogP contribution in [0, 0.1) is 0 Å². The lowest BCUT2D eigenvalue weighted by Gasteiger charge is -2.14. The number of nitrogens with zero attached hydrogens (tertiary/aromatic N) is 1. The molecular formula is C6H10ClNO. The second kappa shape index (κ2) is 3.51. The van der Waals surface area contributed by atoms with Gasteiger partial charge in [-0.1, -0.05) is 6.58 Å². The SMILES string of the molecule is C=C(CCl)N(C)C(C)=O. The number of carbonyl (C=O) groups is 1. The van der Waals surface area contributed by atoms with Crippen LogP contribution in [-0.2, 0) is 4.79 Å². The van der Waals surface area contributed by atoms with E-state index >= 15 is 0 Å². The number of halogens is 1. The Morgan fingerprint density at radius 2 is 2.22 bits per heavy atom. The maximum Gasteiger partial charge on any atom is 0.223 e. The maximum absolute atomic E-state index is 10.6. The quantitative estimate of drug-likeness (QED) is 0.538. The lowest BCUT2D eigenvalue weighted by molar-refractivity contribution is -0.125. The van der Waals surface area contributed by atoms with Gasteiger partial charge in [-0.15, -0.1) is 11.6 Å². The molecule has 0 spiro atoms. The maximum atomic E-state index is 10.6. The van der Waals surface area contributed by atoms with Gasteiger partial charge in [0.2, 0.25) is 5.91 Å². The van der Waals surface area contributed by atoms with Gasteiger partial charge in [0.05, 0.1) is 5.88 Å². The number of carbonyl (C=O) groups excluding carboxylic acids is 1. The molecule has 0 aliphatic rings. The third-order valence-electron chi connectivity index (χ3n) is 1.10. The highest BCUT2D eigenvalue weighted by Gasteiger charge is 2.03. The Balaban J connectivity index is 3.88. The molecule has 0 unspecified atom stereocenters. The highest BCUT2D eigenvalue weighted by atomic mass is 35.5. The van der Waals surface area contributed by atoms with Crippen LogP contribution in [0.5, 0.6) is 0 Å². The van der Waals surface area contributed by atoms with Crippen molar-refractivity contribution in [3.8, 4) is 0 Å². The molecular weight excluding hydrogens is 138 g/mol. The summed E-state index contributed by atoms with van der Waals surface area (Å²) in [6.45, 7) is 5.04. The molecule has 0 aliphatic carbocycles. The Bertz CT molecular complexity index is 133. The van der Waals surface area contributed by atoms with Gasteiger partial charge < -0.3 is 4.90 Å². The summed E-state index contributed by atoms with van der Waals surface area (Å²) in [4.78, 5) is 12.0. The first-order valence-electron chi connectivity index (χ1n) is 2.57. The largest absolute Gasteiger partial charge is 0.319 e. The van der Waals surface area contributed by atoms with E-state index in [-0.39, 0.29) is 5.91 Å². The molecule has 0 fully saturated rings. The van der Waals surface area contributed by atoms with Gasteiger partial charge >= 0.3 is 0 Å². The van der Waals surface area contributed by atoms with Crippen LogP contribution in [-0.4, -0.2) is 23.7 Å². The molecule has 0 saturated heterocycles. The first-order valence-corrected chi connectivity index (χ1v) is 3.11. The molecule has 0 N–H and O–H groups in total. The highest BCUT2D eigenvalue weighted by molar-refractivity contribution is 6.19. The van der Waals surface area contributed by atoms with E-state index in [1.807, 2.05) is 0 Å². The van der Waals surface area contributed by atoms with E-state index in [9.17, 15) is 4.79 Å². The van der Waals surface area contributed by atoms with Gasteiger partial charge in [0.25, 0.3) is 0 Å². The Kier molecular flexibility index (Phi) is 3.32. The molecule has 0 aromatic carbocycles. The molecule has 0 aromatic heterocycles. The molecule has 52 valence electrons. The highest BCUT2D eigenvalue weighted by Crippen LogP contribution is 1.99. The van der Waals surface area contributed by atoms with Gasteiger partial charge in [0, 0.05) is 19.7 Å². The molecule has 0 radical (unpaired) electrons. The fourth-order valence-electron chi connectivity index (χ4n) is 0.312. The van der Waals surface area contributed by atoms with Crippen LogP contribution in [0.2, 0.25) is 0 Å². The second-order valence-electron chi connectivity index (χ2n) is 1.78. The molecule has 9 heavy (non-hydrogen) atoms. The van der Waals surface area contributed by atoms with Crippen LogP contribution >= 0.6 is 11.6 Å². The lowest BCUT2D eigenvalue weighted by Crippen LogP contribution is -2.22. The van der Waals surface area contributed by atoms with Crippen molar-refractivity contribution < 1.29 is 4.79 Å².